The molecule has 0 aliphatic heterocycles. The number of halogens is 2. The molecule has 122 valence electrons. The molecule has 0 radical (unpaired) electrons. The summed E-state index contributed by atoms with van der Waals surface area (Å²) in [6, 6.07) is 11.0. The van der Waals surface area contributed by atoms with Crippen molar-refractivity contribution in [2.45, 2.75) is 6.92 Å². The Kier molecular flexibility index (Phi) is 6.30. The third-order valence-electron chi connectivity index (χ3n) is 3.18. The zero-order valence-electron chi connectivity index (χ0n) is 13.2. The molecule has 0 N–H and O–H groups in total. The second-order valence-electron chi connectivity index (χ2n) is 4.80. The minimum absolute atomic E-state index is 0.494. The smallest absolute Gasteiger partial charge is 0.170 e. The van der Waals surface area contributed by atoms with Gasteiger partial charge in [0.25, 0.3) is 0 Å². The fraction of sp³-hybridized carbons (Fsp3) is 0.235. The van der Waals surface area contributed by atoms with Crippen LogP contribution in [0, 0.1) is 0 Å². The average Bonchev–Trinajstić information content (AvgIpc) is 2.55. The van der Waals surface area contributed by atoms with Gasteiger partial charge in [-0.15, -0.1) is 0 Å². The summed E-state index contributed by atoms with van der Waals surface area (Å²) in [6.45, 7) is 2.91. The number of hydrogen-bond acceptors (Lipinski definition) is 3. The predicted octanol–water partition coefficient (Wildman–Crippen LogP) is 5.51. The van der Waals surface area contributed by atoms with E-state index >= 15 is 0 Å². The van der Waals surface area contributed by atoms with Crippen molar-refractivity contribution in [2.24, 2.45) is 4.99 Å². The first kappa shape index (κ1) is 17.6. The van der Waals surface area contributed by atoms with Crippen molar-refractivity contribution in [1.82, 2.24) is 4.90 Å². The second-order valence-corrected chi connectivity index (χ2v) is 6.07. The SMILES string of the molecule is CCN(C)C=Nc1cc(OC)c(Oc2ccccc2Br)cc1Cl. The van der Waals surface area contributed by atoms with E-state index in [1.807, 2.05) is 43.1 Å². The summed E-state index contributed by atoms with van der Waals surface area (Å²) in [5.41, 5.74) is 0.628. The van der Waals surface area contributed by atoms with Gasteiger partial charge in [0, 0.05) is 25.7 Å². The quantitative estimate of drug-likeness (QED) is 0.476. The van der Waals surface area contributed by atoms with Crippen LogP contribution >= 0.6 is 27.5 Å². The number of nitrogens with zero attached hydrogens (tertiary/aromatic N) is 2. The molecule has 0 fully saturated rings. The molecule has 0 unspecified atom stereocenters. The van der Waals surface area contributed by atoms with E-state index in [4.69, 9.17) is 21.1 Å². The van der Waals surface area contributed by atoms with Gasteiger partial charge in [0.05, 0.1) is 28.6 Å². The van der Waals surface area contributed by atoms with E-state index in [2.05, 4.69) is 20.9 Å². The van der Waals surface area contributed by atoms with Crippen molar-refractivity contribution >= 4 is 39.6 Å². The van der Waals surface area contributed by atoms with Crippen LogP contribution in [0.1, 0.15) is 6.92 Å². The van der Waals surface area contributed by atoms with E-state index in [9.17, 15) is 0 Å². The van der Waals surface area contributed by atoms with Crippen LogP contribution < -0.4 is 9.47 Å². The van der Waals surface area contributed by atoms with Crippen LogP contribution in [-0.4, -0.2) is 31.9 Å². The monoisotopic (exact) mass is 396 g/mol. The summed E-state index contributed by atoms with van der Waals surface area (Å²) in [4.78, 5) is 6.33. The molecule has 2 aromatic rings. The minimum Gasteiger partial charge on any atom is -0.493 e. The van der Waals surface area contributed by atoms with Crippen LogP contribution in [0.5, 0.6) is 17.2 Å². The maximum absolute atomic E-state index is 6.31. The second kappa shape index (κ2) is 8.22. The van der Waals surface area contributed by atoms with Crippen LogP contribution in [0.25, 0.3) is 0 Å². The molecule has 0 saturated carbocycles. The highest BCUT2D eigenvalue weighted by Crippen LogP contribution is 2.41. The highest BCUT2D eigenvalue weighted by atomic mass is 79.9. The van der Waals surface area contributed by atoms with Crippen molar-refractivity contribution < 1.29 is 9.47 Å². The Morgan fingerprint density at radius 3 is 2.61 bits per heavy atom. The molecule has 4 nitrogen and oxygen atoms in total. The number of para-hydroxylation sites is 1. The number of aliphatic imine (C=N–C) groups is 1. The van der Waals surface area contributed by atoms with Gasteiger partial charge in [0.1, 0.15) is 5.75 Å². The lowest BCUT2D eigenvalue weighted by molar-refractivity contribution is 0.378. The van der Waals surface area contributed by atoms with Crippen molar-refractivity contribution in [3.05, 3.63) is 45.9 Å². The molecule has 0 aliphatic carbocycles. The molecule has 0 bridgehead atoms. The summed E-state index contributed by atoms with van der Waals surface area (Å²) >= 11 is 9.77. The molecule has 0 amide bonds. The van der Waals surface area contributed by atoms with Crippen LogP contribution in [0.3, 0.4) is 0 Å². The molecule has 6 heteroatoms. The molecule has 2 aromatic carbocycles. The molecule has 0 spiro atoms. The molecule has 0 atom stereocenters. The van der Waals surface area contributed by atoms with E-state index in [1.54, 1.807) is 25.6 Å². The maximum Gasteiger partial charge on any atom is 0.170 e. The predicted molar refractivity (Wildman–Crippen MR) is 98.7 cm³/mol. The molecule has 0 heterocycles. The van der Waals surface area contributed by atoms with Crippen LogP contribution in [-0.2, 0) is 0 Å². The lowest BCUT2D eigenvalue weighted by atomic mass is 10.2. The zero-order chi connectivity index (χ0) is 16.8. The highest BCUT2D eigenvalue weighted by molar-refractivity contribution is 9.10. The highest BCUT2D eigenvalue weighted by Gasteiger charge is 2.12. The Hall–Kier alpha value is -1.72. The van der Waals surface area contributed by atoms with Crippen molar-refractivity contribution in [1.29, 1.82) is 0 Å². The van der Waals surface area contributed by atoms with Gasteiger partial charge in [-0.05, 0) is 35.0 Å². The van der Waals surface area contributed by atoms with E-state index in [0.29, 0.717) is 28.0 Å². The average molecular weight is 398 g/mol. The van der Waals surface area contributed by atoms with Crippen LogP contribution in [0.4, 0.5) is 5.69 Å². The molecule has 0 aromatic heterocycles. The van der Waals surface area contributed by atoms with Gasteiger partial charge < -0.3 is 14.4 Å². The van der Waals surface area contributed by atoms with E-state index in [0.717, 1.165) is 11.0 Å². The fourth-order valence-electron chi connectivity index (χ4n) is 1.75. The largest absolute Gasteiger partial charge is 0.493 e. The Labute approximate surface area is 149 Å². The third-order valence-corrected chi connectivity index (χ3v) is 4.14. The molecular weight excluding hydrogens is 380 g/mol. The van der Waals surface area contributed by atoms with E-state index < -0.39 is 0 Å². The van der Waals surface area contributed by atoms with Gasteiger partial charge in [-0.3, -0.25) is 0 Å². The summed E-state index contributed by atoms with van der Waals surface area (Å²) in [7, 11) is 3.53. The Morgan fingerprint density at radius 2 is 1.96 bits per heavy atom. The standard InChI is InChI=1S/C17H18BrClN2O2/c1-4-21(2)11-20-14-10-16(22-3)17(9-13(14)19)23-15-8-6-5-7-12(15)18/h5-11H,4H2,1-3H3. The first-order chi connectivity index (χ1) is 11.0. The maximum atomic E-state index is 6.31. The number of rotatable bonds is 6. The summed E-state index contributed by atoms with van der Waals surface area (Å²) in [6.07, 6.45) is 1.73. The minimum atomic E-state index is 0.494. The van der Waals surface area contributed by atoms with Crippen LogP contribution in [0.2, 0.25) is 5.02 Å². The first-order valence-corrected chi connectivity index (χ1v) is 8.26. The fourth-order valence-corrected chi connectivity index (χ4v) is 2.32. The number of benzene rings is 2. The molecule has 0 saturated heterocycles. The molecule has 23 heavy (non-hydrogen) atoms. The molecular formula is C17H18BrClN2O2. The van der Waals surface area contributed by atoms with Gasteiger partial charge in [0.2, 0.25) is 0 Å². The topological polar surface area (TPSA) is 34.1 Å². The number of hydrogen-bond donors (Lipinski definition) is 0. The zero-order valence-corrected chi connectivity index (χ0v) is 15.6. The van der Waals surface area contributed by atoms with E-state index in [-0.39, 0.29) is 0 Å². The Morgan fingerprint density at radius 1 is 1.22 bits per heavy atom. The van der Waals surface area contributed by atoms with Gasteiger partial charge in [-0.2, -0.15) is 0 Å². The Bertz CT molecular complexity index is 707. The number of methoxy groups -OCH3 is 1. The van der Waals surface area contributed by atoms with Gasteiger partial charge in [-0.25, -0.2) is 4.99 Å². The Balaban J connectivity index is 2.33. The lowest BCUT2D eigenvalue weighted by Gasteiger charge is -2.13. The number of ether oxygens (including phenoxy) is 2. The molecule has 0 aliphatic rings. The van der Waals surface area contributed by atoms with Gasteiger partial charge >= 0.3 is 0 Å². The van der Waals surface area contributed by atoms with E-state index in [1.165, 1.54) is 0 Å². The molecule has 2 rings (SSSR count). The summed E-state index contributed by atoms with van der Waals surface area (Å²) in [5.74, 6) is 1.78. The van der Waals surface area contributed by atoms with Crippen molar-refractivity contribution in [3.63, 3.8) is 0 Å². The van der Waals surface area contributed by atoms with Gasteiger partial charge in [0.15, 0.2) is 11.5 Å². The van der Waals surface area contributed by atoms with Crippen molar-refractivity contribution in [2.75, 3.05) is 20.7 Å². The van der Waals surface area contributed by atoms with Gasteiger partial charge in [-0.1, -0.05) is 23.7 Å². The summed E-state index contributed by atoms with van der Waals surface area (Å²) < 4.78 is 12.1. The van der Waals surface area contributed by atoms with Crippen molar-refractivity contribution in [3.8, 4) is 17.2 Å². The normalized spacial score (nSPS) is 10.8. The first-order valence-electron chi connectivity index (χ1n) is 7.09. The lowest BCUT2D eigenvalue weighted by Crippen LogP contribution is -2.14. The summed E-state index contributed by atoms with van der Waals surface area (Å²) in [5, 5.41) is 0.494. The van der Waals surface area contributed by atoms with Crippen LogP contribution in [0.15, 0.2) is 45.9 Å². The third kappa shape index (κ3) is 4.62.